The highest BCUT2D eigenvalue weighted by atomic mass is 32.2. The minimum absolute atomic E-state index is 0.0295. The average molecular weight is 312 g/mol. The van der Waals surface area contributed by atoms with Crippen molar-refractivity contribution < 1.29 is 17.9 Å². The Balaban J connectivity index is 2.34. The van der Waals surface area contributed by atoms with Gasteiger partial charge in [0.15, 0.2) is 0 Å². The van der Waals surface area contributed by atoms with Crippen molar-refractivity contribution in [3.05, 3.63) is 29.3 Å². The van der Waals surface area contributed by atoms with E-state index in [2.05, 4.69) is 0 Å². The maximum Gasteiger partial charge on any atom is 0.254 e. The number of ether oxygens (including phenoxy) is 1. The Morgan fingerprint density at radius 1 is 1.43 bits per heavy atom. The van der Waals surface area contributed by atoms with Gasteiger partial charge in [0.2, 0.25) is 10.0 Å². The number of hydrogen-bond donors (Lipinski definition) is 1. The molecule has 1 atom stereocenters. The van der Waals surface area contributed by atoms with Gasteiger partial charge < -0.3 is 9.64 Å². The molecular weight excluding hydrogens is 292 g/mol. The van der Waals surface area contributed by atoms with Gasteiger partial charge in [0.1, 0.15) is 0 Å². The minimum atomic E-state index is -3.82. The van der Waals surface area contributed by atoms with Crippen molar-refractivity contribution in [3.63, 3.8) is 0 Å². The second-order valence-corrected chi connectivity index (χ2v) is 6.87. The molecule has 1 unspecified atom stereocenters. The highest BCUT2D eigenvalue weighted by Gasteiger charge is 2.23. The molecule has 0 saturated carbocycles. The number of nitrogens with two attached hydrogens (primary N) is 1. The lowest BCUT2D eigenvalue weighted by Crippen LogP contribution is -2.36. The van der Waals surface area contributed by atoms with Crippen molar-refractivity contribution in [2.45, 2.75) is 31.3 Å². The maximum atomic E-state index is 12.6. The summed E-state index contributed by atoms with van der Waals surface area (Å²) in [6.07, 6.45) is 0.738. The van der Waals surface area contributed by atoms with Gasteiger partial charge in [-0.05, 0) is 38.0 Å². The fourth-order valence-corrected chi connectivity index (χ4v) is 2.90. The lowest BCUT2D eigenvalue weighted by atomic mass is 10.1. The van der Waals surface area contributed by atoms with Gasteiger partial charge in [-0.2, -0.15) is 0 Å². The predicted octanol–water partition coefficient (Wildman–Crippen LogP) is 0.893. The van der Waals surface area contributed by atoms with E-state index >= 15 is 0 Å². The molecule has 0 aromatic heterocycles. The fraction of sp³-hybridized carbons (Fsp3) is 0.500. The third kappa shape index (κ3) is 3.81. The molecular formula is C14H20N2O4S. The number of aryl methyl sites for hydroxylation is 1. The molecule has 1 aromatic rings. The van der Waals surface area contributed by atoms with Gasteiger partial charge in [-0.25, -0.2) is 13.6 Å². The number of carbonyl (C=O) groups is 1. The van der Waals surface area contributed by atoms with Crippen LogP contribution in [-0.2, 0) is 14.8 Å². The van der Waals surface area contributed by atoms with Gasteiger partial charge >= 0.3 is 0 Å². The van der Waals surface area contributed by atoms with Crippen molar-refractivity contribution in [1.82, 2.24) is 4.90 Å². The Bertz CT molecular complexity index is 642. The normalized spacial score (nSPS) is 20.1. The van der Waals surface area contributed by atoms with Crippen LogP contribution in [0, 0.1) is 6.92 Å². The maximum absolute atomic E-state index is 12.6. The summed E-state index contributed by atoms with van der Waals surface area (Å²) < 4.78 is 28.4. The number of carbonyl (C=O) groups excluding carboxylic acids is 1. The largest absolute Gasteiger partial charge is 0.377 e. The number of nitrogens with zero attached hydrogens (tertiary/aromatic N) is 1. The third-order valence-electron chi connectivity index (χ3n) is 3.51. The van der Waals surface area contributed by atoms with E-state index in [4.69, 9.17) is 9.88 Å². The molecule has 2 rings (SSSR count). The average Bonchev–Trinajstić information content (AvgIpc) is 2.62. The quantitative estimate of drug-likeness (QED) is 0.878. The highest BCUT2D eigenvalue weighted by molar-refractivity contribution is 7.89. The highest BCUT2D eigenvalue weighted by Crippen LogP contribution is 2.18. The summed E-state index contributed by atoms with van der Waals surface area (Å²) in [7, 11) is -3.82. The summed E-state index contributed by atoms with van der Waals surface area (Å²) in [5.74, 6) is -0.185. The van der Waals surface area contributed by atoms with Crippen LogP contribution in [0.4, 0.5) is 0 Å². The van der Waals surface area contributed by atoms with Gasteiger partial charge in [-0.1, -0.05) is 6.07 Å². The molecule has 0 radical (unpaired) electrons. The van der Waals surface area contributed by atoms with E-state index in [0.717, 1.165) is 12.0 Å². The van der Waals surface area contributed by atoms with E-state index in [0.29, 0.717) is 25.3 Å². The Hall–Kier alpha value is -1.44. The molecule has 1 fully saturated rings. The Morgan fingerprint density at radius 2 is 2.14 bits per heavy atom. The summed E-state index contributed by atoms with van der Waals surface area (Å²) in [6, 6.07) is 4.36. The van der Waals surface area contributed by atoms with Crippen LogP contribution in [0.2, 0.25) is 0 Å². The molecule has 1 heterocycles. The standard InChI is InChI=1S/C14H20N2O4S/c1-10-4-5-12(21(15,18)19)8-13(10)14(17)16-6-3-7-20-11(2)9-16/h4-5,8,11H,3,6-7,9H2,1-2H3,(H2,15,18,19). The molecule has 0 aliphatic carbocycles. The van der Waals surface area contributed by atoms with Crippen molar-refractivity contribution >= 4 is 15.9 Å². The summed E-state index contributed by atoms with van der Waals surface area (Å²) in [4.78, 5) is 14.3. The monoisotopic (exact) mass is 312 g/mol. The molecule has 1 aliphatic heterocycles. The molecule has 7 heteroatoms. The molecule has 0 spiro atoms. The topological polar surface area (TPSA) is 89.7 Å². The number of hydrogen-bond acceptors (Lipinski definition) is 4. The summed E-state index contributed by atoms with van der Waals surface area (Å²) >= 11 is 0. The van der Waals surface area contributed by atoms with Crippen LogP contribution in [0.25, 0.3) is 0 Å². The van der Waals surface area contributed by atoms with Gasteiger partial charge in [0, 0.05) is 25.3 Å². The van der Waals surface area contributed by atoms with Crippen LogP contribution >= 0.6 is 0 Å². The van der Waals surface area contributed by atoms with E-state index in [1.54, 1.807) is 17.9 Å². The number of rotatable bonds is 2. The van der Waals surface area contributed by atoms with Crippen LogP contribution in [0.1, 0.15) is 29.3 Å². The number of amides is 1. The van der Waals surface area contributed by atoms with E-state index in [9.17, 15) is 13.2 Å². The Kier molecular flexibility index (Phi) is 4.65. The smallest absolute Gasteiger partial charge is 0.254 e. The molecule has 1 amide bonds. The molecule has 0 bridgehead atoms. The van der Waals surface area contributed by atoms with Crippen molar-refractivity contribution in [3.8, 4) is 0 Å². The number of benzene rings is 1. The molecule has 6 nitrogen and oxygen atoms in total. The molecule has 2 N–H and O–H groups in total. The van der Waals surface area contributed by atoms with Crippen molar-refractivity contribution in [2.24, 2.45) is 5.14 Å². The SMILES string of the molecule is Cc1ccc(S(N)(=O)=O)cc1C(=O)N1CCCOC(C)C1. The Labute approximate surface area is 124 Å². The molecule has 1 aliphatic rings. The van der Waals surface area contributed by atoms with E-state index < -0.39 is 10.0 Å². The minimum Gasteiger partial charge on any atom is -0.377 e. The summed E-state index contributed by atoms with van der Waals surface area (Å²) in [5, 5.41) is 5.13. The van der Waals surface area contributed by atoms with Crippen LogP contribution in [0.3, 0.4) is 0 Å². The molecule has 1 saturated heterocycles. The van der Waals surface area contributed by atoms with Crippen LogP contribution in [-0.4, -0.2) is 45.0 Å². The van der Waals surface area contributed by atoms with Crippen molar-refractivity contribution in [2.75, 3.05) is 19.7 Å². The van der Waals surface area contributed by atoms with Gasteiger partial charge in [-0.3, -0.25) is 4.79 Å². The first-order valence-corrected chi connectivity index (χ1v) is 8.38. The first-order chi connectivity index (χ1) is 9.79. The van der Waals surface area contributed by atoms with Crippen molar-refractivity contribution in [1.29, 1.82) is 0 Å². The fourth-order valence-electron chi connectivity index (χ4n) is 2.36. The summed E-state index contributed by atoms with van der Waals surface area (Å²) in [5.41, 5.74) is 1.10. The zero-order valence-electron chi connectivity index (χ0n) is 12.2. The van der Waals surface area contributed by atoms with Gasteiger partial charge in [0.05, 0.1) is 11.0 Å². The van der Waals surface area contributed by atoms with Crippen LogP contribution in [0.5, 0.6) is 0 Å². The van der Waals surface area contributed by atoms with E-state index in [-0.39, 0.29) is 16.9 Å². The Morgan fingerprint density at radius 3 is 2.81 bits per heavy atom. The number of primary sulfonamides is 1. The molecule has 21 heavy (non-hydrogen) atoms. The van der Waals surface area contributed by atoms with E-state index in [1.165, 1.54) is 12.1 Å². The van der Waals surface area contributed by atoms with Crippen LogP contribution < -0.4 is 5.14 Å². The second-order valence-electron chi connectivity index (χ2n) is 5.31. The zero-order valence-corrected chi connectivity index (χ0v) is 13.0. The first-order valence-electron chi connectivity index (χ1n) is 6.83. The number of sulfonamides is 1. The second kappa shape index (κ2) is 6.13. The molecule has 1 aromatic carbocycles. The van der Waals surface area contributed by atoms with E-state index in [1.807, 2.05) is 6.92 Å². The molecule has 116 valence electrons. The predicted molar refractivity (Wildman–Crippen MR) is 78.5 cm³/mol. The lowest BCUT2D eigenvalue weighted by molar-refractivity contribution is 0.0562. The zero-order chi connectivity index (χ0) is 15.6. The lowest BCUT2D eigenvalue weighted by Gasteiger charge is -2.23. The third-order valence-corrected chi connectivity index (χ3v) is 4.42. The van der Waals surface area contributed by atoms with Crippen LogP contribution in [0.15, 0.2) is 23.1 Å². The summed E-state index contributed by atoms with van der Waals surface area (Å²) in [6.45, 7) is 5.42. The van der Waals surface area contributed by atoms with Gasteiger partial charge in [-0.15, -0.1) is 0 Å². The first kappa shape index (κ1) is 15.9. The van der Waals surface area contributed by atoms with Gasteiger partial charge in [0.25, 0.3) is 5.91 Å².